The zero-order valence-electron chi connectivity index (χ0n) is 23.2. The summed E-state index contributed by atoms with van der Waals surface area (Å²) in [5.74, 6) is -1.72. The number of fused-ring (bicyclic) bond motifs is 1. The molecule has 0 unspecified atom stereocenters. The van der Waals surface area contributed by atoms with Gasteiger partial charge in [-0.2, -0.15) is 4.98 Å². The van der Waals surface area contributed by atoms with Crippen LogP contribution in [0.2, 0.25) is 0 Å². The molecule has 1 aliphatic heterocycles. The molecule has 10 nitrogen and oxygen atoms in total. The van der Waals surface area contributed by atoms with Gasteiger partial charge in [0, 0.05) is 43.7 Å². The van der Waals surface area contributed by atoms with E-state index in [4.69, 9.17) is 0 Å². The number of carbonyl (C=O) groups excluding carboxylic acids is 1. The molecule has 5 rings (SSSR count). The van der Waals surface area contributed by atoms with Crippen LogP contribution in [-0.2, 0) is 21.1 Å². The molecule has 1 atom stereocenters. The van der Waals surface area contributed by atoms with Crippen molar-refractivity contribution >= 4 is 32.6 Å². The lowest BCUT2D eigenvalue weighted by atomic mass is 10.1. The fourth-order valence-electron chi connectivity index (χ4n) is 5.24. The van der Waals surface area contributed by atoms with Crippen molar-refractivity contribution in [2.45, 2.75) is 31.2 Å². The smallest absolute Gasteiger partial charge is 0.350 e. The van der Waals surface area contributed by atoms with E-state index in [1.807, 2.05) is 6.92 Å². The maximum atomic E-state index is 15.8. The monoisotopic (exact) mass is 594 g/mol. The van der Waals surface area contributed by atoms with Crippen molar-refractivity contribution in [1.82, 2.24) is 24.4 Å². The SMILES string of the molecule is C=CC(=O)N1CCN(c2nc(=O)n(-c3c(S(C)(=O)=O)ccnc3CC)c3nc(-c4ccccc4F)c(F)cc23)[C@@H](C)C1. The minimum Gasteiger partial charge on any atom is -0.350 e. The van der Waals surface area contributed by atoms with Gasteiger partial charge in [0.05, 0.1) is 21.7 Å². The maximum Gasteiger partial charge on any atom is 0.355 e. The van der Waals surface area contributed by atoms with E-state index in [2.05, 4.69) is 21.5 Å². The van der Waals surface area contributed by atoms with E-state index >= 15 is 4.39 Å². The highest BCUT2D eigenvalue weighted by Gasteiger charge is 2.31. The van der Waals surface area contributed by atoms with Gasteiger partial charge in [0.25, 0.3) is 0 Å². The summed E-state index contributed by atoms with van der Waals surface area (Å²) in [5, 5.41) is 0.105. The molecule has 1 aliphatic rings. The number of rotatable bonds is 6. The molecule has 4 heterocycles. The second-order valence-electron chi connectivity index (χ2n) is 9.98. The number of hydrogen-bond acceptors (Lipinski definition) is 8. The molecule has 0 bridgehead atoms. The number of amides is 1. The zero-order chi connectivity index (χ0) is 30.3. The van der Waals surface area contributed by atoms with Gasteiger partial charge in [0.15, 0.2) is 15.5 Å². The molecule has 42 heavy (non-hydrogen) atoms. The van der Waals surface area contributed by atoms with Crippen molar-refractivity contribution in [1.29, 1.82) is 0 Å². The summed E-state index contributed by atoms with van der Waals surface area (Å²) in [4.78, 5) is 42.4. The summed E-state index contributed by atoms with van der Waals surface area (Å²) in [5.41, 5.74) is -1.26. The number of sulfone groups is 1. The third kappa shape index (κ3) is 5.04. The molecule has 0 N–H and O–H groups in total. The van der Waals surface area contributed by atoms with Gasteiger partial charge >= 0.3 is 5.69 Å². The lowest BCUT2D eigenvalue weighted by Gasteiger charge is -2.40. The number of nitrogens with zero attached hydrogens (tertiary/aromatic N) is 6. The normalized spacial score (nSPS) is 15.7. The second-order valence-corrected chi connectivity index (χ2v) is 12.0. The van der Waals surface area contributed by atoms with Crippen LogP contribution < -0.4 is 10.6 Å². The maximum absolute atomic E-state index is 15.8. The van der Waals surface area contributed by atoms with Crippen molar-refractivity contribution < 1.29 is 22.0 Å². The van der Waals surface area contributed by atoms with E-state index in [9.17, 15) is 22.4 Å². The van der Waals surface area contributed by atoms with E-state index < -0.39 is 27.2 Å². The number of aryl methyl sites for hydroxylation is 1. The number of carbonyl (C=O) groups is 1. The Morgan fingerprint density at radius 2 is 1.88 bits per heavy atom. The predicted molar refractivity (Wildman–Crippen MR) is 154 cm³/mol. The fourth-order valence-corrected chi connectivity index (χ4v) is 6.11. The standard InChI is InChI=1S/C29H28F2N6O4S/c1-5-22-26(23(11-12-32-22)42(4,40)41)37-28-19(15-21(31)25(33-28)18-9-7-8-10-20(18)30)27(34-29(37)39)36-14-13-35(16-17(36)3)24(38)6-2/h6-12,15,17H,2,5,13-14,16H2,1,3-4H3/t17-/m0/s1. The Morgan fingerprint density at radius 3 is 2.52 bits per heavy atom. The van der Waals surface area contributed by atoms with Gasteiger partial charge in [-0.05, 0) is 43.7 Å². The van der Waals surface area contributed by atoms with Crippen LogP contribution in [0.3, 0.4) is 0 Å². The van der Waals surface area contributed by atoms with Crippen LogP contribution in [0.15, 0.2) is 64.9 Å². The van der Waals surface area contributed by atoms with Gasteiger partial charge in [-0.25, -0.2) is 31.5 Å². The Labute approximate surface area is 240 Å². The lowest BCUT2D eigenvalue weighted by Crippen LogP contribution is -2.54. The molecular weight excluding hydrogens is 566 g/mol. The van der Waals surface area contributed by atoms with E-state index in [1.165, 1.54) is 36.5 Å². The number of benzene rings is 1. The minimum absolute atomic E-state index is 0.0513. The first-order valence-corrected chi connectivity index (χ1v) is 15.1. The third-order valence-corrected chi connectivity index (χ3v) is 8.37. The molecule has 0 saturated carbocycles. The number of piperazine rings is 1. The molecule has 1 saturated heterocycles. The molecule has 0 spiro atoms. The van der Waals surface area contributed by atoms with Crippen LogP contribution in [-0.4, -0.2) is 70.7 Å². The van der Waals surface area contributed by atoms with Gasteiger partial charge in [0.2, 0.25) is 5.91 Å². The summed E-state index contributed by atoms with van der Waals surface area (Å²) < 4.78 is 57.3. The van der Waals surface area contributed by atoms with Gasteiger partial charge in [0.1, 0.15) is 23.1 Å². The second kappa shape index (κ2) is 11.0. The number of anilines is 1. The Morgan fingerprint density at radius 1 is 1.14 bits per heavy atom. The van der Waals surface area contributed by atoms with Crippen molar-refractivity contribution in [3.63, 3.8) is 0 Å². The first-order valence-electron chi connectivity index (χ1n) is 13.2. The van der Waals surface area contributed by atoms with Gasteiger partial charge in [-0.15, -0.1) is 0 Å². The molecule has 218 valence electrons. The summed E-state index contributed by atoms with van der Waals surface area (Å²) in [6, 6.07) is 7.56. The number of hydrogen-bond donors (Lipinski definition) is 0. The Hall–Kier alpha value is -4.52. The van der Waals surface area contributed by atoms with Crippen molar-refractivity contribution in [3.8, 4) is 16.9 Å². The van der Waals surface area contributed by atoms with E-state index in [0.29, 0.717) is 13.1 Å². The largest absolute Gasteiger partial charge is 0.355 e. The zero-order valence-corrected chi connectivity index (χ0v) is 24.0. The number of halogens is 2. The highest BCUT2D eigenvalue weighted by atomic mass is 32.2. The van der Waals surface area contributed by atoms with Gasteiger partial charge in [-0.3, -0.25) is 9.78 Å². The first-order chi connectivity index (χ1) is 20.0. The first kappa shape index (κ1) is 29.0. The Balaban J connectivity index is 1.86. The van der Waals surface area contributed by atoms with Crippen LogP contribution >= 0.6 is 0 Å². The summed E-state index contributed by atoms with van der Waals surface area (Å²) in [6.07, 6.45) is 3.81. The molecular formula is C29H28F2N6O4S. The Kier molecular flexibility index (Phi) is 7.62. The van der Waals surface area contributed by atoms with Crippen molar-refractivity contribution in [2.75, 3.05) is 30.8 Å². The van der Waals surface area contributed by atoms with Gasteiger partial charge < -0.3 is 9.80 Å². The third-order valence-electron chi connectivity index (χ3n) is 7.24. The average molecular weight is 595 g/mol. The van der Waals surface area contributed by atoms with Crippen LogP contribution in [0.1, 0.15) is 19.5 Å². The van der Waals surface area contributed by atoms with Crippen LogP contribution in [0, 0.1) is 11.6 Å². The molecule has 0 aliphatic carbocycles. The highest BCUT2D eigenvalue weighted by Crippen LogP contribution is 2.33. The van der Waals surface area contributed by atoms with Crippen LogP contribution in [0.5, 0.6) is 0 Å². The molecule has 1 fully saturated rings. The Bertz CT molecular complexity index is 1910. The minimum atomic E-state index is -3.88. The number of aromatic nitrogens is 4. The van der Waals surface area contributed by atoms with Gasteiger partial charge in [-0.1, -0.05) is 25.6 Å². The predicted octanol–water partition coefficient (Wildman–Crippen LogP) is 3.31. The average Bonchev–Trinajstić information content (AvgIpc) is 2.96. The number of pyridine rings is 2. The van der Waals surface area contributed by atoms with E-state index in [0.717, 1.165) is 23.0 Å². The van der Waals surface area contributed by atoms with Crippen LogP contribution in [0.4, 0.5) is 14.6 Å². The lowest BCUT2D eigenvalue weighted by molar-refractivity contribution is -0.126. The fraction of sp³-hybridized carbons (Fsp3) is 0.276. The quantitative estimate of drug-likeness (QED) is 0.312. The molecule has 4 aromatic rings. The van der Waals surface area contributed by atoms with E-state index in [-0.39, 0.29) is 69.3 Å². The summed E-state index contributed by atoms with van der Waals surface area (Å²) in [6.45, 7) is 7.97. The summed E-state index contributed by atoms with van der Waals surface area (Å²) >= 11 is 0. The summed E-state index contributed by atoms with van der Waals surface area (Å²) in [7, 11) is -3.88. The molecule has 3 aromatic heterocycles. The van der Waals surface area contributed by atoms with Crippen molar-refractivity contribution in [2.24, 2.45) is 0 Å². The van der Waals surface area contributed by atoms with E-state index in [1.54, 1.807) is 16.7 Å². The molecule has 1 aromatic carbocycles. The molecule has 0 radical (unpaired) electrons. The molecule has 1 amide bonds. The molecule has 13 heteroatoms. The highest BCUT2D eigenvalue weighted by molar-refractivity contribution is 7.90. The topological polar surface area (TPSA) is 118 Å². The van der Waals surface area contributed by atoms with Crippen LogP contribution in [0.25, 0.3) is 28.0 Å². The van der Waals surface area contributed by atoms with Crippen molar-refractivity contribution in [3.05, 3.63) is 83.1 Å².